The van der Waals surface area contributed by atoms with Gasteiger partial charge in [0, 0.05) is 30.5 Å². The van der Waals surface area contributed by atoms with Crippen LogP contribution in [-0.2, 0) is 6.54 Å². The van der Waals surface area contributed by atoms with Gasteiger partial charge in [0.25, 0.3) is 0 Å². The number of anilines is 2. The summed E-state index contributed by atoms with van der Waals surface area (Å²) in [6, 6.07) is 4.37. The number of likely N-dealkylation sites (tertiary alicyclic amines) is 1. The number of aryl methyl sites for hydroxylation is 2. The van der Waals surface area contributed by atoms with Gasteiger partial charge in [0.05, 0.1) is 23.1 Å². The molecular formula is C19H22N6S. The van der Waals surface area contributed by atoms with Crippen molar-refractivity contribution in [3.05, 3.63) is 58.7 Å². The van der Waals surface area contributed by atoms with E-state index in [1.54, 1.807) is 11.3 Å². The zero-order valence-corrected chi connectivity index (χ0v) is 15.8. The van der Waals surface area contributed by atoms with Crippen molar-refractivity contribution in [1.29, 1.82) is 0 Å². The lowest BCUT2D eigenvalue weighted by Gasteiger charge is -2.22. The average Bonchev–Trinajstić information content (AvgIpc) is 3.28. The van der Waals surface area contributed by atoms with Crippen LogP contribution in [0.4, 0.5) is 10.9 Å². The van der Waals surface area contributed by atoms with Gasteiger partial charge in [0.15, 0.2) is 5.13 Å². The summed E-state index contributed by atoms with van der Waals surface area (Å²) < 4.78 is 0. The van der Waals surface area contributed by atoms with Crippen LogP contribution in [0.1, 0.15) is 41.5 Å². The molecule has 26 heavy (non-hydrogen) atoms. The minimum Gasteiger partial charge on any atom is -0.316 e. The van der Waals surface area contributed by atoms with E-state index in [1.165, 1.54) is 6.42 Å². The maximum atomic E-state index is 4.81. The Kier molecular flexibility index (Phi) is 4.90. The largest absolute Gasteiger partial charge is 0.316 e. The number of pyridine rings is 1. The molecular weight excluding hydrogens is 344 g/mol. The molecule has 0 saturated carbocycles. The first-order chi connectivity index (χ1) is 12.7. The number of hydrogen-bond acceptors (Lipinski definition) is 7. The van der Waals surface area contributed by atoms with Crippen LogP contribution in [0.2, 0.25) is 0 Å². The zero-order chi connectivity index (χ0) is 17.9. The summed E-state index contributed by atoms with van der Waals surface area (Å²) in [5.74, 6) is 0.828. The second-order valence-corrected chi connectivity index (χ2v) is 7.56. The van der Waals surface area contributed by atoms with E-state index in [4.69, 9.17) is 4.98 Å². The van der Waals surface area contributed by atoms with Crippen LogP contribution in [0.25, 0.3) is 0 Å². The van der Waals surface area contributed by atoms with Gasteiger partial charge in [0.2, 0.25) is 0 Å². The molecule has 3 aromatic heterocycles. The first kappa shape index (κ1) is 17.1. The second-order valence-electron chi connectivity index (χ2n) is 6.70. The maximum absolute atomic E-state index is 4.81. The van der Waals surface area contributed by atoms with Crippen molar-refractivity contribution < 1.29 is 0 Å². The number of rotatable bonds is 5. The molecule has 1 N–H and O–H groups in total. The van der Waals surface area contributed by atoms with Crippen molar-refractivity contribution in [2.24, 2.45) is 0 Å². The normalized spacial score (nSPS) is 17.5. The summed E-state index contributed by atoms with van der Waals surface area (Å²) >= 11 is 1.63. The molecule has 4 heterocycles. The van der Waals surface area contributed by atoms with Crippen LogP contribution in [0.5, 0.6) is 0 Å². The molecule has 0 spiro atoms. The van der Waals surface area contributed by atoms with Crippen molar-refractivity contribution in [3.8, 4) is 0 Å². The third-order valence-electron chi connectivity index (χ3n) is 4.57. The Morgan fingerprint density at radius 1 is 1.15 bits per heavy atom. The van der Waals surface area contributed by atoms with E-state index in [-0.39, 0.29) is 0 Å². The smallest absolute Gasteiger partial charge is 0.188 e. The molecule has 1 atom stereocenters. The summed E-state index contributed by atoms with van der Waals surface area (Å²) in [6.45, 7) is 5.88. The molecule has 1 unspecified atom stereocenters. The molecule has 0 aromatic carbocycles. The molecule has 6 nitrogen and oxygen atoms in total. The van der Waals surface area contributed by atoms with Gasteiger partial charge < -0.3 is 5.32 Å². The summed E-state index contributed by atoms with van der Waals surface area (Å²) in [5.41, 5.74) is 4.24. The fourth-order valence-corrected chi connectivity index (χ4v) is 3.97. The highest BCUT2D eigenvalue weighted by molar-refractivity contribution is 7.13. The van der Waals surface area contributed by atoms with Crippen LogP contribution in [0.15, 0.2) is 36.1 Å². The number of thiazole rings is 1. The minimum absolute atomic E-state index is 0.343. The van der Waals surface area contributed by atoms with Crippen LogP contribution < -0.4 is 5.32 Å². The van der Waals surface area contributed by atoms with E-state index >= 15 is 0 Å². The monoisotopic (exact) mass is 366 g/mol. The lowest BCUT2D eigenvalue weighted by molar-refractivity contribution is 0.242. The van der Waals surface area contributed by atoms with Gasteiger partial charge in [-0.25, -0.2) is 9.97 Å². The van der Waals surface area contributed by atoms with E-state index in [9.17, 15) is 0 Å². The molecule has 0 amide bonds. The van der Waals surface area contributed by atoms with Gasteiger partial charge in [0.1, 0.15) is 5.82 Å². The van der Waals surface area contributed by atoms with Gasteiger partial charge in [-0.3, -0.25) is 14.9 Å². The van der Waals surface area contributed by atoms with E-state index in [1.807, 2.05) is 44.6 Å². The van der Waals surface area contributed by atoms with Gasteiger partial charge in [-0.1, -0.05) is 6.07 Å². The van der Waals surface area contributed by atoms with E-state index < -0.39 is 0 Å². The Labute approximate surface area is 157 Å². The topological polar surface area (TPSA) is 66.8 Å². The van der Waals surface area contributed by atoms with Gasteiger partial charge in [-0.15, -0.1) is 11.3 Å². The lowest BCUT2D eigenvalue weighted by atomic mass is 10.1. The van der Waals surface area contributed by atoms with Crippen LogP contribution >= 0.6 is 11.3 Å². The number of nitrogens with zero attached hydrogens (tertiary/aromatic N) is 5. The van der Waals surface area contributed by atoms with Crippen LogP contribution in [-0.4, -0.2) is 31.4 Å². The highest BCUT2D eigenvalue weighted by atomic mass is 32.1. The highest BCUT2D eigenvalue weighted by Gasteiger charge is 2.28. The predicted molar refractivity (Wildman–Crippen MR) is 104 cm³/mol. The first-order valence-electron chi connectivity index (χ1n) is 8.84. The summed E-state index contributed by atoms with van der Waals surface area (Å²) in [6.07, 6.45) is 7.88. The second kappa shape index (κ2) is 7.47. The molecule has 1 aliphatic heterocycles. The Balaban J connectivity index is 1.45. The Morgan fingerprint density at radius 2 is 2.08 bits per heavy atom. The molecule has 0 radical (unpaired) electrons. The van der Waals surface area contributed by atoms with Crippen molar-refractivity contribution in [3.63, 3.8) is 0 Å². The fraction of sp³-hybridized carbons (Fsp3) is 0.368. The van der Waals surface area contributed by atoms with E-state index in [0.717, 1.165) is 53.1 Å². The van der Waals surface area contributed by atoms with Crippen molar-refractivity contribution in [2.75, 3.05) is 11.9 Å². The summed E-state index contributed by atoms with van der Waals surface area (Å²) in [7, 11) is 0. The van der Waals surface area contributed by atoms with Gasteiger partial charge >= 0.3 is 0 Å². The molecule has 1 saturated heterocycles. The quantitative estimate of drug-likeness (QED) is 0.735. The standard InChI is InChI=1S/C19H22N6S/c1-13-5-6-18(22-8-13)24-19-23-16(12-26-19)17-4-3-7-25(17)11-15-10-20-14(2)9-21-15/h5-6,8-10,12,17H,3-4,7,11H2,1-2H3,(H,22,23,24). The highest BCUT2D eigenvalue weighted by Crippen LogP contribution is 2.34. The third kappa shape index (κ3) is 3.89. The van der Waals surface area contributed by atoms with Crippen molar-refractivity contribution >= 4 is 22.3 Å². The molecule has 134 valence electrons. The van der Waals surface area contributed by atoms with Crippen LogP contribution in [0, 0.1) is 13.8 Å². The van der Waals surface area contributed by atoms with E-state index in [2.05, 4.69) is 30.5 Å². The zero-order valence-electron chi connectivity index (χ0n) is 15.0. The molecule has 0 bridgehead atoms. The van der Waals surface area contributed by atoms with Crippen molar-refractivity contribution in [2.45, 2.75) is 39.3 Å². The van der Waals surface area contributed by atoms with Crippen LogP contribution in [0.3, 0.4) is 0 Å². The number of aromatic nitrogens is 4. The molecule has 0 aliphatic carbocycles. The SMILES string of the molecule is Cc1ccc(Nc2nc(C3CCCN3Cc3cnc(C)cn3)cs2)nc1. The average molecular weight is 366 g/mol. The summed E-state index contributed by atoms with van der Waals surface area (Å²) in [5, 5.41) is 6.34. The molecule has 3 aromatic rings. The third-order valence-corrected chi connectivity index (χ3v) is 5.35. The number of nitrogens with one attached hydrogen (secondary N) is 1. The Bertz CT molecular complexity index is 858. The first-order valence-corrected chi connectivity index (χ1v) is 9.72. The lowest BCUT2D eigenvalue weighted by Crippen LogP contribution is -2.23. The maximum Gasteiger partial charge on any atom is 0.188 e. The van der Waals surface area contributed by atoms with E-state index in [0.29, 0.717) is 6.04 Å². The Hall–Kier alpha value is -2.38. The molecule has 1 aliphatic rings. The Morgan fingerprint density at radius 3 is 2.85 bits per heavy atom. The predicted octanol–water partition coefficient (Wildman–Crippen LogP) is 4.03. The summed E-state index contributed by atoms with van der Waals surface area (Å²) in [4.78, 5) is 20.5. The van der Waals surface area contributed by atoms with Crippen molar-refractivity contribution in [1.82, 2.24) is 24.8 Å². The van der Waals surface area contributed by atoms with Gasteiger partial charge in [-0.05, 0) is 44.9 Å². The fourth-order valence-electron chi connectivity index (χ4n) is 3.21. The number of hydrogen-bond donors (Lipinski definition) is 1. The van der Waals surface area contributed by atoms with Gasteiger partial charge in [-0.2, -0.15) is 0 Å². The molecule has 7 heteroatoms. The minimum atomic E-state index is 0.343. The molecule has 1 fully saturated rings. The molecule has 4 rings (SSSR count).